The molecule has 0 saturated carbocycles. The van der Waals surface area contributed by atoms with Crippen LogP contribution in [-0.4, -0.2) is 41.7 Å². The summed E-state index contributed by atoms with van der Waals surface area (Å²) in [6.45, 7) is 2.56. The van der Waals surface area contributed by atoms with Crippen LogP contribution in [0.25, 0.3) is 0 Å². The van der Waals surface area contributed by atoms with Gasteiger partial charge in [-0.15, -0.1) is 0 Å². The first-order valence-corrected chi connectivity index (χ1v) is 7.59. The number of carbonyl (C=O) groups is 1. The number of hydrogen-bond donors (Lipinski definition) is 2. The van der Waals surface area contributed by atoms with E-state index >= 15 is 0 Å². The molecule has 4 N–H and O–H groups in total. The Morgan fingerprint density at radius 2 is 2.35 bits per heavy atom. The molecule has 0 aliphatic carbocycles. The molecule has 0 spiro atoms. The van der Waals surface area contributed by atoms with Crippen LogP contribution in [0.4, 0.5) is 16.0 Å². The molecule has 20 heavy (non-hydrogen) atoms. The molecule has 7 nitrogen and oxygen atoms in total. The highest BCUT2D eigenvalue weighted by Crippen LogP contribution is 2.26. The van der Waals surface area contributed by atoms with Crippen LogP contribution in [0.5, 0.6) is 0 Å². The maximum Gasteiger partial charge on any atom is 0.313 e. The van der Waals surface area contributed by atoms with E-state index in [9.17, 15) is 9.18 Å². The smallest absolute Gasteiger partial charge is 0.313 e. The van der Waals surface area contributed by atoms with Crippen molar-refractivity contribution in [2.24, 2.45) is 11.7 Å². The van der Waals surface area contributed by atoms with Gasteiger partial charge in [-0.05, 0) is 13.1 Å². The summed E-state index contributed by atoms with van der Waals surface area (Å²) in [6.07, 6.45) is 1.70. The van der Waals surface area contributed by atoms with Crippen molar-refractivity contribution in [2.45, 2.75) is 12.5 Å². The minimum absolute atomic E-state index is 0.0993. The van der Waals surface area contributed by atoms with Crippen LogP contribution >= 0.6 is 8.81 Å². The van der Waals surface area contributed by atoms with Crippen LogP contribution in [0.1, 0.15) is 6.42 Å². The van der Waals surface area contributed by atoms with E-state index in [1.165, 1.54) is 6.33 Å². The van der Waals surface area contributed by atoms with Crippen molar-refractivity contribution in [3.05, 3.63) is 12.1 Å². The van der Waals surface area contributed by atoms with Crippen LogP contribution in [0.15, 0.2) is 6.33 Å². The molecular formula is C11H17FN5O2P. The number of anilines is 2. The number of nitrogens with two attached hydrogens (primary N) is 2. The lowest BCUT2D eigenvalue weighted by Crippen LogP contribution is -2.51. The van der Waals surface area contributed by atoms with Gasteiger partial charge in [0.2, 0.25) is 5.82 Å². The number of nitrogen functional groups attached to an aromatic ring is 1. The van der Waals surface area contributed by atoms with Gasteiger partial charge in [0.1, 0.15) is 6.33 Å². The number of halogens is 1. The monoisotopic (exact) mass is 301 g/mol. The number of nitrogens with zero attached hydrogens (tertiary/aromatic N) is 3. The van der Waals surface area contributed by atoms with Gasteiger partial charge in [0.05, 0.1) is 14.7 Å². The highest BCUT2D eigenvalue weighted by molar-refractivity contribution is 7.31. The SMILES string of the molecule is CPOC(=O)C1CCN(c2ncnc(N)c2F)CC1N. The van der Waals surface area contributed by atoms with Crippen molar-refractivity contribution < 1.29 is 13.7 Å². The molecule has 3 unspecified atom stereocenters. The van der Waals surface area contributed by atoms with Crippen molar-refractivity contribution in [2.75, 3.05) is 30.4 Å². The zero-order valence-electron chi connectivity index (χ0n) is 11.0. The molecule has 0 aromatic carbocycles. The van der Waals surface area contributed by atoms with E-state index in [-0.39, 0.29) is 32.3 Å². The highest BCUT2D eigenvalue weighted by Gasteiger charge is 2.34. The van der Waals surface area contributed by atoms with Crippen molar-refractivity contribution in [1.29, 1.82) is 0 Å². The molecule has 0 bridgehead atoms. The topological polar surface area (TPSA) is 107 Å². The van der Waals surface area contributed by atoms with Gasteiger partial charge in [0, 0.05) is 19.1 Å². The van der Waals surface area contributed by atoms with Crippen LogP contribution in [-0.2, 0) is 9.32 Å². The molecule has 9 heteroatoms. The fourth-order valence-corrected chi connectivity index (χ4v) is 2.59. The zero-order chi connectivity index (χ0) is 14.7. The zero-order valence-corrected chi connectivity index (χ0v) is 12.0. The molecule has 0 amide bonds. The summed E-state index contributed by atoms with van der Waals surface area (Å²) in [5.74, 6) is -1.38. The van der Waals surface area contributed by atoms with Crippen molar-refractivity contribution in [3.8, 4) is 0 Å². The molecule has 1 aliphatic heterocycles. The Balaban J connectivity index is 2.09. The second kappa shape index (κ2) is 6.28. The highest BCUT2D eigenvalue weighted by atomic mass is 31.1. The van der Waals surface area contributed by atoms with Crippen LogP contribution in [0.3, 0.4) is 0 Å². The summed E-state index contributed by atoms with van der Waals surface area (Å²) in [7, 11) is 0.0993. The summed E-state index contributed by atoms with van der Waals surface area (Å²) in [6, 6.07) is -0.428. The van der Waals surface area contributed by atoms with E-state index in [4.69, 9.17) is 16.0 Å². The van der Waals surface area contributed by atoms with Crippen molar-refractivity contribution in [3.63, 3.8) is 0 Å². The lowest BCUT2D eigenvalue weighted by molar-refractivity contribution is -0.139. The third kappa shape index (κ3) is 2.96. The minimum atomic E-state index is -0.657. The molecule has 1 aliphatic rings. The average Bonchev–Trinajstić information content (AvgIpc) is 2.42. The number of piperidine rings is 1. The van der Waals surface area contributed by atoms with Gasteiger partial charge >= 0.3 is 5.97 Å². The quantitative estimate of drug-likeness (QED) is 0.763. The Hall–Kier alpha value is -1.53. The number of hydrogen-bond acceptors (Lipinski definition) is 7. The lowest BCUT2D eigenvalue weighted by Gasteiger charge is -2.36. The summed E-state index contributed by atoms with van der Waals surface area (Å²) < 4.78 is 18.9. The predicted octanol–water partition coefficient (Wildman–Crippen LogP) is 0.118. The van der Waals surface area contributed by atoms with E-state index in [0.29, 0.717) is 19.5 Å². The van der Waals surface area contributed by atoms with Gasteiger partial charge in [-0.25, -0.2) is 9.97 Å². The predicted molar refractivity (Wildman–Crippen MR) is 75.0 cm³/mol. The summed E-state index contributed by atoms with van der Waals surface area (Å²) in [4.78, 5) is 20.9. The largest absolute Gasteiger partial charge is 0.448 e. The minimum Gasteiger partial charge on any atom is -0.448 e. The molecule has 0 radical (unpaired) electrons. The maximum atomic E-state index is 13.9. The van der Waals surface area contributed by atoms with Crippen LogP contribution in [0, 0.1) is 11.7 Å². The molecule has 3 atom stereocenters. The molecule has 2 heterocycles. The molecule has 1 fully saturated rings. The lowest BCUT2D eigenvalue weighted by atomic mass is 9.92. The molecular weight excluding hydrogens is 284 g/mol. The maximum absolute atomic E-state index is 13.9. The van der Waals surface area contributed by atoms with E-state index in [2.05, 4.69) is 9.97 Å². The summed E-state index contributed by atoms with van der Waals surface area (Å²) in [5.41, 5.74) is 11.4. The van der Waals surface area contributed by atoms with E-state index in [0.717, 1.165) is 0 Å². The van der Waals surface area contributed by atoms with E-state index in [1.807, 2.05) is 0 Å². The molecule has 1 aromatic rings. The van der Waals surface area contributed by atoms with Gasteiger partial charge in [-0.2, -0.15) is 4.39 Å². The second-order valence-corrected chi connectivity index (χ2v) is 5.14. The first-order chi connectivity index (χ1) is 9.54. The second-order valence-electron chi connectivity index (χ2n) is 4.53. The fraction of sp³-hybridized carbons (Fsp3) is 0.545. The number of rotatable bonds is 3. The third-order valence-corrected chi connectivity index (χ3v) is 3.67. The molecule has 1 aromatic heterocycles. The van der Waals surface area contributed by atoms with Gasteiger partial charge in [-0.3, -0.25) is 4.79 Å². The molecule has 1 saturated heterocycles. The normalized spacial score (nSPS) is 23.2. The average molecular weight is 301 g/mol. The van der Waals surface area contributed by atoms with Gasteiger partial charge in [-0.1, -0.05) is 0 Å². The number of carbonyl (C=O) groups excluding carboxylic acids is 1. The standard InChI is InChI=1S/C11H17FN5O2P/c1-20-19-11(18)6-2-3-17(4-7(6)13)10-8(12)9(14)15-5-16-10/h5-7,20H,2-4,13H2,1H3,(H2,14,15,16). The molecule has 110 valence electrons. The summed E-state index contributed by atoms with van der Waals surface area (Å²) >= 11 is 0. The Morgan fingerprint density at radius 3 is 3.00 bits per heavy atom. The third-order valence-electron chi connectivity index (χ3n) is 3.26. The Kier molecular flexibility index (Phi) is 4.67. The van der Waals surface area contributed by atoms with E-state index < -0.39 is 11.9 Å². The first-order valence-electron chi connectivity index (χ1n) is 6.18. The number of aromatic nitrogens is 2. The summed E-state index contributed by atoms with van der Waals surface area (Å²) in [5, 5.41) is 0. The van der Waals surface area contributed by atoms with Crippen LogP contribution < -0.4 is 16.4 Å². The molecule has 2 rings (SSSR count). The van der Waals surface area contributed by atoms with Crippen LogP contribution in [0.2, 0.25) is 0 Å². The Bertz CT molecular complexity index is 504. The fourth-order valence-electron chi connectivity index (χ4n) is 2.24. The Labute approximate surface area is 117 Å². The van der Waals surface area contributed by atoms with Gasteiger partial charge in [0.15, 0.2) is 11.6 Å². The van der Waals surface area contributed by atoms with Crippen molar-refractivity contribution in [1.82, 2.24) is 9.97 Å². The van der Waals surface area contributed by atoms with Crippen molar-refractivity contribution >= 4 is 26.4 Å². The van der Waals surface area contributed by atoms with E-state index in [1.54, 1.807) is 11.6 Å². The first kappa shape index (κ1) is 14.9. The Morgan fingerprint density at radius 1 is 1.60 bits per heavy atom. The van der Waals surface area contributed by atoms with Gasteiger partial charge in [0.25, 0.3) is 0 Å². The van der Waals surface area contributed by atoms with Gasteiger partial charge < -0.3 is 20.9 Å².